The van der Waals surface area contributed by atoms with Crippen LogP contribution in [-0.2, 0) is 10.3 Å². The highest BCUT2D eigenvalue weighted by molar-refractivity contribution is 5.29. The minimum absolute atomic E-state index is 0.468. The van der Waals surface area contributed by atoms with Crippen LogP contribution in [0.4, 0.5) is 0 Å². The van der Waals surface area contributed by atoms with E-state index in [1.807, 2.05) is 30.3 Å². The second-order valence-corrected chi connectivity index (χ2v) is 3.19. The average Bonchev–Trinajstić information content (AvgIpc) is 2.30. The van der Waals surface area contributed by atoms with Crippen molar-refractivity contribution in [3.8, 4) is 12.3 Å². The largest absolute Gasteiger partial charge is 0.368 e. The lowest BCUT2D eigenvalue weighted by atomic mass is 9.90. The maximum atomic E-state index is 5.50. The van der Waals surface area contributed by atoms with E-state index in [-0.39, 0.29) is 0 Å². The van der Waals surface area contributed by atoms with Crippen molar-refractivity contribution in [2.45, 2.75) is 12.0 Å². The molecule has 0 aliphatic heterocycles. The second kappa shape index (κ2) is 5.22. The molecule has 0 bridgehead atoms. The summed E-state index contributed by atoms with van der Waals surface area (Å²) in [7, 11) is 1.64. The predicted octanol–water partition coefficient (Wildman–Crippen LogP) is 2.89. The number of benzene rings is 1. The van der Waals surface area contributed by atoms with E-state index < -0.39 is 5.60 Å². The molecule has 1 rings (SSSR count). The molecule has 0 aliphatic rings. The van der Waals surface area contributed by atoms with Gasteiger partial charge in [-0.1, -0.05) is 36.9 Å². The van der Waals surface area contributed by atoms with Gasteiger partial charge in [0, 0.05) is 13.5 Å². The van der Waals surface area contributed by atoms with Gasteiger partial charge in [-0.05, 0) is 11.6 Å². The first kappa shape index (κ1) is 11.3. The van der Waals surface area contributed by atoms with E-state index in [1.54, 1.807) is 13.2 Å². The zero-order valence-corrected chi connectivity index (χ0v) is 8.86. The highest BCUT2D eigenvalue weighted by atomic mass is 16.5. The lowest BCUT2D eigenvalue weighted by molar-refractivity contribution is 0.0338. The van der Waals surface area contributed by atoms with Crippen LogP contribution in [-0.4, -0.2) is 7.11 Å². The Balaban J connectivity index is 3.22. The zero-order valence-electron chi connectivity index (χ0n) is 8.86. The summed E-state index contributed by atoms with van der Waals surface area (Å²) in [6, 6.07) is 9.83. The smallest absolute Gasteiger partial charge is 0.129 e. The zero-order chi connectivity index (χ0) is 11.1. The first-order chi connectivity index (χ1) is 7.29. The molecule has 0 saturated heterocycles. The summed E-state index contributed by atoms with van der Waals surface area (Å²) in [5, 5.41) is 0. The van der Waals surface area contributed by atoms with Crippen LogP contribution in [0.25, 0.3) is 0 Å². The van der Waals surface area contributed by atoms with Crippen molar-refractivity contribution < 1.29 is 4.74 Å². The van der Waals surface area contributed by atoms with Crippen LogP contribution in [0, 0.1) is 12.3 Å². The molecule has 15 heavy (non-hydrogen) atoms. The van der Waals surface area contributed by atoms with Gasteiger partial charge < -0.3 is 4.74 Å². The Bertz CT molecular complexity index is 393. The molecule has 1 unspecified atom stereocenters. The maximum absolute atomic E-state index is 5.50. The van der Waals surface area contributed by atoms with Crippen molar-refractivity contribution in [3.05, 3.63) is 54.3 Å². The molecule has 0 saturated carbocycles. The molecule has 0 radical (unpaired) electrons. The lowest BCUT2D eigenvalue weighted by Crippen LogP contribution is -2.25. The van der Waals surface area contributed by atoms with Crippen LogP contribution in [0.5, 0.6) is 0 Å². The summed E-state index contributed by atoms with van der Waals surface area (Å²) in [4.78, 5) is 0. The SMILES string of the molecule is C#CCC(C=C=C)(OC)c1ccccc1. The number of rotatable bonds is 4. The van der Waals surface area contributed by atoms with E-state index >= 15 is 0 Å². The Morgan fingerprint density at radius 2 is 2.13 bits per heavy atom. The standard InChI is InChI=1S/C14H14O/c1-4-11-14(15-3,12-5-2)13-9-7-6-8-10-13/h1,6-10,12H,2,11H2,3H3. The van der Waals surface area contributed by atoms with Crippen LogP contribution in [0.3, 0.4) is 0 Å². The Hall–Kier alpha value is -1.74. The van der Waals surface area contributed by atoms with Gasteiger partial charge in [0.1, 0.15) is 5.60 Å². The molecule has 76 valence electrons. The Morgan fingerprint density at radius 1 is 1.47 bits per heavy atom. The molecule has 1 aromatic rings. The molecule has 0 fully saturated rings. The summed E-state index contributed by atoms with van der Waals surface area (Å²) in [5.74, 6) is 2.62. The normalized spacial score (nSPS) is 13.3. The second-order valence-electron chi connectivity index (χ2n) is 3.19. The third-order valence-electron chi connectivity index (χ3n) is 2.33. The van der Waals surface area contributed by atoms with Crippen LogP contribution in [0.1, 0.15) is 12.0 Å². The Kier molecular flexibility index (Phi) is 3.94. The van der Waals surface area contributed by atoms with Crippen molar-refractivity contribution in [2.24, 2.45) is 0 Å². The quantitative estimate of drug-likeness (QED) is 0.534. The van der Waals surface area contributed by atoms with Crippen molar-refractivity contribution in [3.63, 3.8) is 0 Å². The summed E-state index contributed by atoms with van der Waals surface area (Å²) in [5.41, 5.74) is 3.16. The predicted molar refractivity (Wildman–Crippen MR) is 62.3 cm³/mol. The van der Waals surface area contributed by atoms with Gasteiger partial charge in [0.25, 0.3) is 0 Å². The molecule has 1 aromatic carbocycles. The first-order valence-electron chi connectivity index (χ1n) is 4.70. The molecular formula is C14H14O. The maximum Gasteiger partial charge on any atom is 0.129 e. The molecular weight excluding hydrogens is 184 g/mol. The highest BCUT2D eigenvalue weighted by Crippen LogP contribution is 2.29. The van der Waals surface area contributed by atoms with Crippen molar-refractivity contribution in [1.29, 1.82) is 0 Å². The van der Waals surface area contributed by atoms with E-state index in [1.165, 1.54) is 0 Å². The van der Waals surface area contributed by atoms with Gasteiger partial charge in [0.15, 0.2) is 0 Å². The minimum atomic E-state index is -0.599. The van der Waals surface area contributed by atoms with E-state index in [9.17, 15) is 0 Å². The summed E-state index contributed by atoms with van der Waals surface area (Å²) >= 11 is 0. The van der Waals surface area contributed by atoms with E-state index in [0.29, 0.717) is 6.42 Å². The topological polar surface area (TPSA) is 9.23 Å². The van der Waals surface area contributed by atoms with E-state index in [2.05, 4.69) is 18.2 Å². The third-order valence-corrected chi connectivity index (χ3v) is 2.33. The molecule has 0 aliphatic carbocycles. The van der Waals surface area contributed by atoms with Gasteiger partial charge in [0.05, 0.1) is 0 Å². The molecule has 0 heterocycles. The van der Waals surface area contributed by atoms with Crippen LogP contribution < -0.4 is 0 Å². The highest BCUT2D eigenvalue weighted by Gasteiger charge is 2.27. The number of hydrogen-bond donors (Lipinski definition) is 0. The average molecular weight is 198 g/mol. The Labute approximate surface area is 91.1 Å². The lowest BCUT2D eigenvalue weighted by Gasteiger charge is -2.27. The third kappa shape index (κ3) is 2.39. The fourth-order valence-electron chi connectivity index (χ4n) is 1.52. The van der Waals surface area contributed by atoms with Crippen molar-refractivity contribution in [1.82, 2.24) is 0 Å². The number of methoxy groups -OCH3 is 1. The van der Waals surface area contributed by atoms with Gasteiger partial charge in [-0.25, -0.2) is 0 Å². The van der Waals surface area contributed by atoms with E-state index in [0.717, 1.165) is 5.56 Å². The summed E-state index contributed by atoms with van der Waals surface area (Å²) in [6.45, 7) is 3.57. The molecule has 0 N–H and O–H groups in total. The Morgan fingerprint density at radius 3 is 2.60 bits per heavy atom. The number of ether oxygens (including phenoxy) is 1. The molecule has 1 atom stereocenters. The van der Waals surface area contributed by atoms with Crippen molar-refractivity contribution in [2.75, 3.05) is 7.11 Å². The van der Waals surface area contributed by atoms with Crippen molar-refractivity contribution >= 4 is 0 Å². The monoisotopic (exact) mass is 198 g/mol. The molecule has 0 amide bonds. The molecule has 0 spiro atoms. The fourth-order valence-corrected chi connectivity index (χ4v) is 1.52. The first-order valence-corrected chi connectivity index (χ1v) is 4.70. The van der Waals surface area contributed by atoms with Gasteiger partial charge in [-0.15, -0.1) is 18.1 Å². The van der Waals surface area contributed by atoms with E-state index in [4.69, 9.17) is 11.2 Å². The van der Waals surface area contributed by atoms with Crippen LogP contribution in [0.2, 0.25) is 0 Å². The van der Waals surface area contributed by atoms with Crippen LogP contribution >= 0.6 is 0 Å². The minimum Gasteiger partial charge on any atom is -0.368 e. The number of hydrogen-bond acceptors (Lipinski definition) is 1. The number of terminal acetylenes is 1. The molecule has 1 nitrogen and oxygen atoms in total. The van der Waals surface area contributed by atoms with Gasteiger partial charge in [0.2, 0.25) is 0 Å². The van der Waals surface area contributed by atoms with Gasteiger partial charge in [-0.2, -0.15) is 0 Å². The van der Waals surface area contributed by atoms with Gasteiger partial charge in [-0.3, -0.25) is 0 Å². The van der Waals surface area contributed by atoms with Crippen LogP contribution in [0.15, 0.2) is 48.7 Å². The molecule has 1 heteroatoms. The summed E-state index contributed by atoms with van der Waals surface area (Å²) < 4.78 is 5.50. The fraction of sp³-hybridized carbons (Fsp3) is 0.214. The summed E-state index contributed by atoms with van der Waals surface area (Å²) in [6.07, 6.45) is 7.59. The molecule has 0 aromatic heterocycles. The van der Waals surface area contributed by atoms with Gasteiger partial charge >= 0.3 is 0 Å².